The third kappa shape index (κ3) is 5.21. The molecule has 3 amide bonds. The first-order valence-electron chi connectivity index (χ1n) is 13.7. The molecule has 200 valence electrons. The summed E-state index contributed by atoms with van der Waals surface area (Å²) in [6.45, 7) is 3.15. The summed E-state index contributed by atoms with van der Waals surface area (Å²) >= 11 is 6.44. The van der Waals surface area contributed by atoms with Crippen LogP contribution in [0.15, 0.2) is 4.99 Å². The molecule has 1 N–H and O–H groups in total. The van der Waals surface area contributed by atoms with Gasteiger partial charge >= 0.3 is 12.3 Å². The molecule has 3 heterocycles. The smallest absolute Gasteiger partial charge is 0.326 e. The molecule has 5 aliphatic rings. The fraction of sp³-hybridized carbons (Fsp3) is 0.880. The molecule has 0 bridgehead atoms. The first kappa shape index (κ1) is 25.7. The molecule has 5 rings (SSSR count). The number of halogens is 1. The Kier molecular flexibility index (Phi) is 7.72. The molecule has 0 aromatic carbocycles. The molecule has 3 aliphatic heterocycles. The highest BCUT2D eigenvalue weighted by Crippen LogP contribution is 2.44. The van der Waals surface area contributed by atoms with Crippen molar-refractivity contribution in [3.63, 3.8) is 0 Å². The van der Waals surface area contributed by atoms with Crippen LogP contribution in [0.5, 0.6) is 0 Å². The highest BCUT2D eigenvalue weighted by molar-refractivity contribution is 6.20. The topological polar surface area (TPSA) is 117 Å². The molecule has 2 aliphatic carbocycles. The molecule has 0 spiro atoms. The van der Waals surface area contributed by atoms with Crippen LogP contribution < -0.4 is 5.32 Å². The monoisotopic (exact) mass is 523 g/mol. The molecular weight excluding hydrogens is 486 g/mol. The number of piperazine rings is 1. The van der Waals surface area contributed by atoms with E-state index in [1.165, 1.54) is 6.42 Å². The van der Waals surface area contributed by atoms with Gasteiger partial charge in [0, 0.05) is 24.9 Å². The second-order valence-electron chi connectivity index (χ2n) is 11.4. The quantitative estimate of drug-likeness (QED) is 0.344. The standard InChI is InChI=1S/C25H38ClN5O5/c1-15-3-2-4-17(13-15)23-22(16-5-7-18(26)8-6-16)28-24(19-9-10-21(36-19)31(34)35)30(23)25(33)29-12-11-27-20(32)14-29/h15-19,21-23H,2-14H2,1H3,(H,27,32). The number of ether oxygens (including phenoxy) is 1. The van der Waals surface area contributed by atoms with E-state index in [1.54, 1.807) is 4.90 Å². The molecule has 4 fully saturated rings. The number of aliphatic imine (C=N–C) groups is 1. The Morgan fingerprint density at radius 2 is 1.92 bits per heavy atom. The van der Waals surface area contributed by atoms with Crippen LogP contribution in [-0.4, -0.2) is 81.9 Å². The molecule has 11 heteroatoms. The second kappa shape index (κ2) is 10.8. The van der Waals surface area contributed by atoms with Gasteiger partial charge in [-0.05, 0) is 62.7 Å². The first-order chi connectivity index (χ1) is 17.3. The Morgan fingerprint density at radius 1 is 1.14 bits per heavy atom. The third-order valence-corrected chi connectivity index (χ3v) is 9.29. The number of hydrogen-bond acceptors (Lipinski definition) is 6. The lowest BCUT2D eigenvalue weighted by molar-refractivity contribution is -0.570. The van der Waals surface area contributed by atoms with Crippen LogP contribution in [0.1, 0.15) is 71.1 Å². The highest BCUT2D eigenvalue weighted by Gasteiger charge is 2.52. The zero-order valence-electron chi connectivity index (χ0n) is 21.0. The van der Waals surface area contributed by atoms with E-state index in [9.17, 15) is 19.7 Å². The van der Waals surface area contributed by atoms with Crippen molar-refractivity contribution in [1.29, 1.82) is 0 Å². The van der Waals surface area contributed by atoms with E-state index in [0.717, 1.165) is 44.9 Å². The number of amides is 3. The van der Waals surface area contributed by atoms with Gasteiger partial charge in [-0.3, -0.25) is 24.8 Å². The van der Waals surface area contributed by atoms with Gasteiger partial charge in [-0.1, -0.05) is 19.8 Å². The van der Waals surface area contributed by atoms with E-state index >= 15 is 0 Å². The number of nitrogens with zero attached hydrogens (tertiary/aromatic N) is 4. The maximum Gasteiger partial charge on any atom is 0.326 e. The van der Waals surface area contributed by atoms with E-state index in [4.69, 9.17) is 21.3 Å². The third-order valence-electron chi connectivity index (χ3n) is 8.86. The Hall–Kier alpha value is -1.94. The molecule has 0 aromatic rings. The van der Waals surface area contributed by atoms with Gasteiger partial charge < -0.3 is 15.0 Å². The summed E-state index contributed by atoms with van der Waals surface area (Å²) < 4.78 is 5.86. The van der Waals surface area contributed by atoms with Gasteiger partial charge in [0.15, 0.2) is 0 Å². The molecule has 2 saturated heterocycles. The number of amidine groups is 1. The number of rotatable bonds is 4. The van der Waals surface area contributed by atoms with Crippen molar-refractivity contribution in [3.8, 4) is 0 Å². The Labute approximate surface area is 217 Å². The fourth-order valence-corrected chi connectivity index (χ4v) is 7.32. The predicted molar refractivity (Wildman–Crippen MR) is 134 cm³/mol. The Morgan fingerprint density at radius 3 is 2.58 bits per heavy atom. The number of nitro groups is 1. The van der Waals surface area contributed by atoms with Gasteiger partial charge in [0.1, 0.15) is 18.5 Å². The van der Waals surface area contributed by atoms with E-state index in [2.05, 4.69) is 12.2 Å². The summed E-state index contributed by atoms with van der Waals surface area (Å²) in [5.41, 5.74) is 0. The fourth-order valence-electron chi connectivity index (χ4n) is 7.06. The minimum Gasteiger partial charge on any atom is -0.353 e. The van der Waals surface area contributed by atoms with Gasteiger partial charge in [-0.25, -0.2) is 4.79 Å². The molecule has 10 nitrogen and oxygen atoms in total. The van der Waals surface area contributed by atoms with Crippen molar-refractivity contribution in [2.75, 3.05) is 19.6 Å². The zero-order valence-corrected chi connectivity index (χ0v) is 21.8. The van der Waals surface area contributed by atoms with Gasteiger partial charge in [0.05, 0.1) is 17.0 Å². The summed E-state index contributed by atoms with van der Waals surface area (Å²) in [6.07, 6.45) is 7.28. The summed E-state index contributed by atoms with van der Waals surface area (Å²) in [5.74, 6) is 1.55. The van der Waals surface area contributed by atoms with Crippen LogP contribution in [0.25, 0.3) is 0 Å². The lowest BCUT2D eigenvalue weighted by atomic mass is 9.72. The molecular formula is C25H38ClN5O5. The van der Waals surface area contributed by atoms with Crippen LogP contribution in [0.2, 0.25) is 0 Å². The average molecular weight is 524 g/mol. The number of urea groups is 1. The van der Waals surface area contributed by atoms with Crippen LogP contribution in [0, 0.1) is 27.9 Å². The number of carbonyl (C=O) groups excluding carboxylic acids is 2. The summed E-state index contributed by atoms with van der Waals surface area (Å²) in [4.78, 5) is 46.0. The lowest BCUT2D eigenvalue weighted by Gasteiger charge is -2.43. The molecule has 0 radical (unpaired) electrons. The SMILES string of the molecule is CC1CCCC(C2C(C3CCC(Cl)CC3)N=C(C3CCC([N+](=O)[O-])O3)N2C(=O)N2CCNC(=O)C2)C1. The number of nitrogens with one attached hydrogen (secondary N) is 1. The van der Waals surface area contributed by atoms with Crippen molar-refractivity contribution < 1.29 is 19.2 Å². The van der Waals surface area contributed by atoms with Gasteiger partial charge in [0.25, 0.3) is 0 Å². The Balaban J connectivity index is 1.50. The highest BCUT2D eigenvalue weighted by atomic mass is 35.5. The summed E-state index contributed by atoms with van der Waals surface area (Å²) in [6, 6.07) is -0.399. The lowest BCUT2D eigenvalue weighted by Crippen LogP contribution is -2.60. The molecule has 6 unspecified atom stereocenters. The molecule has 36 heavy (non-hydrogen) atoms. The van der Waals surface area contributed by atoms with Gasteiger partial charge in [-0.2, -0.15) is 0 Å². The van der Waals surface area contributed by atoms with Crippen molar-refractivity contribution in [3.05, 3.63) is 10.1 Å². The number of hydrogen-bond donors (Lipinski definition) is 1. The maximum atomic E-state index is 14.1. The molecule has 2 saturated carbocycles. The predicted octanol–water partition coefficient (Wildman–Crippen LogP) is 3.40. The summed E-state index contributed by atoms with van der Waals surface area (Å²) in [5, 5.41) is 14.4. The molecule has 0 aromatic heterocycles. The van der Waals surface area contributed by atoms with Crippen LogP contribution in [0.3, 0.4) is 0 Å². The van der Waals surface area contributed by atoms with E-state index < -0.39 is 17.3 Å². The largest absolute Gasteiger partial charge is 0.353 e. The van der Waals surface area contributed by atoms with Crippen molar-refractivity contribution in [1.82, 2.24) is 15.1 Å². The Bertz CT molecular complexity index is 894. The maximum absolute atomic E-state index is 14.1. The van der Waals surface area contributed by atoms with Crippen molar-refractivity contribution in [2.24, 2.45) is 22.7 Å². The van der Waals surface area contributed by atoms with Crippen LogP contribution in [-0.2, 0) is 9.53 Å². The zero-order chi connectivity index (χ0) is 25.4. The first-order valence-corrected chi connectivity index (χ1v) is 14.1. The minimum atomic E-state index is -1.07. The second-order valence-corrected chi connectivity index (χ2v) is 12.0. The van der Waals surface area contributed by atoms with Crippen molar-refractivity contribution >= 4 is 29.4 Å². The van der Waals surface area contributed by atoms with Crippen LogP contribution in [0.4, 0.5) is 4.79 Å². The van der Waals surface area contributed by atoms with Gasteiger partial charge in [0.2, 0.25) is 5.91 Å². The summed E-state index contributed by atoms with van der Waals surface area (Å²) in [7, 11) is 0. The van der Waals surface area contributed by atoms with E-state index in [1.807, 2.05) is 4.90 Å². The normalized spacial score (nSPS) is 39.6. The van der Waals surface area contributed by atoms with Crippen LogP contribution >= 0.6 is 11.6 Å². The average Bonchev–Trinajstić information content (AvgIpc) is 3.50. The van der Waals surface area contributed by atoms with Gasteiger partial charge in [-0.15, -0.1) is 11.6 Å². The minimum absolute atomic E-state index is 0.0153. The number of alkyl halides is 1. The van der Waals surface area contributed by atoms with E-state index in [0.29, 0.717) is 49.5 Å². The molecule has 6 atom stereocenters. The number of carbonyl (C=O) groups is 2. The van der Waals surface area contributed by atoms with Crippen molar-refractivity contribution in [2.45, 2.75) is 101 Å². The van der Waals surface area contributed by atoms with E-state index in [-0.39, 0.29) is 35.9 Å².